The van der Waals surface area contributed by atoms with Crippen molar-refractivity contribution in [2.75, 3.05) is 0 Å². The molecule has 0 unspecified atom stereocenters. The fraction of sp³-hybridized carbons (Fsp3) is 0.778. The van der Waals surface area contributed by atoms with Crippen LogP contribution >= 0.6 is 0 Å². The van der Waals surface area contributed by atoms with Gasteiger partial charge in [0.25, 0.3) is 0 Å². The van der Waals surface area contributed by atoms with Crippen LogP contribution in [-0.2, 0) is 0 Å². The summed E-state index contributed by atoms with van der Waals surface area (Å²) in [5.41, 5.74) is 0. The first-order valence-corrected chi connectivity index (χ1v) is 5.31. The first-order valence-electron chi connectivity index (χ1n) is 4.03. The summed E-state index contributed by atoms with van der Waals surface area (Å²) in [6, 6.07) is 0. The van der Waals surface area contributed by atoms with E-state index in [2.05, 4.69) is 16.7 Å². The van der Waals surface area contributed by atoms with Gasteiger partial charge in [-0.25, -0.2) is 0 Å². The van der Waals surface area contributed by atoms with E-state index in [4.69, 9.17) is 0 Å². The van der Waals surface area contributed by atoms with Gasteiger partial charge >= 0.3 is 78.3 Å². The van der Waals surface area contributed by atoms with Crippen LogP contribution in [0.2, 0.25) is 0 Å². The molecule has 0 aromatic rings. The number of rotatable bonds is 5. The predicted molar refractivity (Wildman–Crippen MR) is 46.9 cm³/mol. The molecule has 56 valence electrons. The molecule has 0 heterocycles. The molecule has 0 rings (SSSR count). The maximum atomic E-state index is 3.10. The van der Waals surface area contributed by atoms with Crippen LogP contribution in [0.4, 0.5) is 0 Å². The summed E-state index contributed by atoms with van der Waals surface area (Å²) >= 11 is 1.60. The summed E-state index contributed by atoms with van der Waals surface area (Å²) < 4.78 is 2.96. The second kappa shape index (κ2) is 9.38. The van der Waals surface area contributed by atoms with Gasteiger partial charge in [-0.15, -0.1) is 0 Å². The van der Waals surface area contributed by atoms with Crippen LogP contribution in [0.3, 0.4) is 0 Å². The average Bonchev–Trinajstić information content (AvgIpc) is 1.97. The standard InChI is InChI=1S/C9H15.Sb/c1-3-5-7-9-8-6-4-2;/h3,5-9H2,1H3;. The van der Waals surface area contributed by atoms with Crippen molar-refractivity contribution in [3.05, 3.63) is 0 Å². The molecule has 0 nitrogen and oxygen atoms in total. The van der Waals surface area contributed by atoms with E-state index in [1.165, 1.54) is 32.1 Å². The Hall–Kier alpha value is 0.378. The van der Waals surface area contributed by atoms with Crippen molar-refractivity contribution in [3.63, 3.8) is 0 Å². The molecule has 0 saturated carbocycles. The molecule has 10 heavy (non-hydrogen) atoms. The van der Waals surface area contributed by atoms with Crippen LogP contribution in [0.25, 0.3) is 0 Å². The zero-order chi connectivity index (χ0) is 7.66. The SMILES string of the molecule is CCCCCCCC#[C][Sb]. The molecular formula is C9H15Sb. The summed E-state index contributed by atoms with van der Waals surface area (Å²) in [4.78, 5) is 0. The van der Waals surface area contributed by atoms with Crippen molar-refractivity contribution in [3.8, 4) is 9.79 Å². The summed E-state index contributed by atoms with van der Waals surface area (Å²) in [5, 5.41) is 0. The zero-order valence-electron chi connectivity index (χ0n) is 6.69. The zero-order valence-corrected chi connectivity index (χ0v) is 9.24. The molecular weight excluding hydrogens is 230 g/mol. The molecule has 0 aliphatic heterocycles. The van der Waals surface area contributed by atoms with E-state index in [-0.39, 0.29) is 0 Å². The molecule has 0 atom stereocenters. The normalized spacial score (nSPS) is 8.60. The van der Waals surface area contributed by atoms with Crippen molar-refractivity contribution in [1.82, 2.24) is 0 Å². The molecule has 0 amide bonds. The van der Waals surface area contributed by atoms with E-state index in [0.29, 0.717) is 0 Å². The van der Waals surface area contributed by atoms with E-state index < -0.39 is 0 Å². The predicted octanol–water partition coefficient (Wildman–Crippen LogP) is 2.48. The van der Waals surface area contributed by atoms with Gasteiger partial charge in [-0.05, 0) is 0 Å². The Morgan fingerprint density at radius 2 is 1.80 bits per heavy atom. The Kier molecular flexibility index (Phi) is 9.73. The van der Waals surface area contributed by atoms with Crippen LogP contribution in [0, 0.1) is 9.79 Å². The fourth-order valence-corrected chi connectivity index (χ4v) is 1.19. The van der Waals surface area contributed by atoms with Crippen molar-refractivity contribution in [1.29, 1.82) is 0 Å². The van der Waals surface area contributed by atoms with Crippen molar-refractivity contribution in [2.45, 2.75) is 45.4 Å². The van der Waals surface area contributed by atoms with Crippen molar-refractivity contribution in [2.24, 2.45) is 0 Å². The van der Waals surface area contributed by atoms with Crippen LogP contribution in [0.5, 0.6) is 0 Å². The first kappa shape index (κ1) is 10.4. The molecule has 0 aromatic carbocycles. The van der Waals surface area contributed by atoms with Crippen molar-refractivity contribution < 1.29 is 0 Å². The Morgan fingerprint density at radius 3 is 2.40 bits per heavy atom. The van der Waals surface area contributed by atoms with Gasteiger partial charge in [-0.3, -0.25) is 0 Å². The molecule has 0 bridgehead atoms. The van der Waals surface area contributed by atoms with Gasteiger partial charge in [0.1, 0.15) is 0 Å². The number of unbranched alkanes of at least 4 members (excludes halogenated alkanes) is 5. The second-order valence-electron chi connectivity index (χ2n) is 2.45. The third-order valence-electron chi connectivity index (χ3n) is 1.48. The summed E-state index contributed by atoms with van der Waals surface area (Å²) in [5.74, 6) is 3.10. The first-order chi connectivity index (χ1) is 4.91. The van der Waals surface area contributed by atoms with Gasteiger partial charge in [0.05, 0.1) is 0 Å². The van der Waals surface area contributed by atoms with E-state index in [1.807, 2.05) is 0 Å². The summed E-state index contributed by atoms with van der Waals surface area (Å²) in [6.45, 7) is 2.24. The monoisotopic (exact) mass is 244 g/mol. The molecule has 0 aliphatic carbocycles. The van der Waals surface area contributed by atoms with Gasteiger partial charge in [0.15, 0.2) is 0 Å². The van der Waals surface area contributed by atoms with E-state index in [1.54, 1.807) is 23.0 Å². The van der Waals surface area contributed by atoms with Crippen LogP contribution in [0.15, 0.2) is 0 Å². The van der Waals surface area contributed by atoms with Crippen LogP contribution in [0.1, 0.15) is 45.4 Å². The average molecular weight is 245 g/mol. The number of hydrogen-bond donors (Lipinski definition) is 0. The summed E-state index contributed by atoms with van der Waals surface area (Å²) in [6.07, 6.45) is 7.90. The van der Waals surface area contributed by atoms with Gasteiger partial charge in [-0.2, -0.15) is 0 Å². The Morgan fingerprint density at radius 1 is 1.10 bits per heavy atom. The molecule has 0 N–H and O–H groups in total. The molecule has 0 fully saturated rings. The van der Waals surface area contributed by atoms with Crippen molar-refractivity contribution >= 4 is 23.0 Å². The Balaban J connectivity index is 2.82. The quantitative estimate of drug-likeness (QED) is 0.396. The van der Waals surface area contributed by atoms with Crippen LogP contribution in [-0.4, -0.2) is 23.0 Å². The second-order valence-corrected chi connectivity index (χ2v) is 3.09. The Bertz CT molecular complexity index is 108. The van der Waals surface area contributed by atoms with Gasteiger partial charge < -0.3 is 0 Å². The minimum atomic E-state index is 1.11. The number of hydrogen-bond acceptors (Lipinski definition) is 0. The fourth-order valence-electron chi connectivity index (χ4n) is 0.873. The van der Waals surface area contributed by atoms with Crippen LogP contribution < -0.4 is 0 Å². The topological polar surface area (TPSA) is 0 Å². The van der Waals surface area contributed by atoms with Gasteiger partial charge in [-0.1, -0.05) is 0 Å². The molecule has 1 heteroatoms. The Labute approximate surface area is 78.3 Å². The molecule has 2 radical (unpaired) electrons. The molecule has 0 aromatic heterocycles. The third-order valence-corrected chi connectivity index (χ3v) is 1.94. The summed E-state index contributed by atoms with van der Waals surface area (Å²) in [7, 11) is 0. The molecule has 0 aliphatic rings. The third kappa shape index (κ3) is 8.38. The van der Waals surface area contributed by atoms with Gasteiger partial charge in [0, 0.05) is 0 Å². The van der Waals surface area contributed by atoms with Gasteiger partial charge in [0.2, 0.25) is 0 Å². The minimum absolute atomic E-state index is 1.11. The van der Waals surface area contributed by atoms with E-state index in [9.17, 15) is 0 Å². The molecule has 0 saturated heterocycles. The van der Waals surface area contributed by atoms with E-state index in [0.717, 1.165) is 6.42 Å². The van der Waals surface area contributed by atoms with E-state index >= 15 is 0 Å². The maximum absolute atomic E-state index is 3.10. The molecule has 0 spiro atoms.